The van der Waals surface area contributed by atoms with Crippen LogP contribution in [-0.4, -0.2) is 30.2 Å². The molecule has 0 aliphatic heterocycles. The molecule has 0 unspecified atom stereocenters. The number of likely N-dealkylation sites (N-methyl/N-ethyl adjacent to an activating group) is 1. The fraction of sp³-hybridized carbons (Fsp3) is 0.308. The lowest BCUT2D eigenvalue weighted by Crippen LogP contribution is -2.24. The largest absolute Gasteiger partial charge is 0.505 e. The Morgan fingerprint density at radius 1 is 1.39 bits per heavy atom. The molecule has 3 N–H and O–H groups in total. The molecule has 0 aliphatic carbocycles. The van der Waals surface area contributed by atoms with Crippen LogP contribution in [0.2, 0.25) is 5.02 Å². The van der Waals surface area contributed by atoms with Crippen molar-refractivity contribution < 1.29 is 5.11 Å². The molecular weight excluding hydrogens is 250 g/mol. The topological polar surface area (TPSA) is 57.2 Å². The summed E-state index contributed by atoms with van der Waals surface area (Å²) in [6, 6.07) is 5.44. The number of fused-ring (bicyclic) bond motifs is 1. The van der Waals surface area contributed by atoms with Gasteiger partial charge in [-0.3, -0.25) is 4.98 Å². The van der Waals surface area contributed by atoms with E-state index in [1.165, 1.54) is 0 Å². The van der Waals surface area contributed by atoms with Crippen molar-refractivity contribution in [3.63, 3.8) is 0 Å². The summed E-state index contributed by atoms with van der Waals surface area (Å²) in [6.07, 6.45) is 1.65. The molecule has 4 nitrogen and oxygen atoms in total. The minimum Gasteiger partial charge on any atom is -0.505 e. The van der Waals surface area contributed by atoms with Crippen molar-refractivity contribution >= 4 is 22.5 Å². The highest BCUT2D eigenvalue weighted by Gasteiger charge is 2.10. The maximum atomic E-state index is 10.2. The second-order valence-electron chi connectivity index (χ2n) is 4.05. The van der Waals surface area contributed by atoms with E-state index in [1.807, 2.05) is 13.1 Å². The van der Waals surface area contributed by atoms with Crippen LogP contribution in [0.5, 0.6) is 5.75 Å². The number of phenols is 1. The van der Waals surface area contributed by atoms with Gasteiger partial charge >= 0.3 is 0 Å². The van der Waals surface area contributed by atoms with Gasteiger partial charge in [0.2, 0.25) is 0 Å². The van der Waals surface area contributed by atoms with Crippen LogP contribution in [0.3, 0.4) is 0 Å². The van der Waals surface area contributed by atoms with E-state index in [0.29, 0.717) is 17.1 Å². The average Bonchev–Trinajstić information content (AvgIpc) is 2.40. The van der Waals surface area contributed by atoms with Crippen molar-refractivity contribution in [2.75, 3.05) is 20.1 Å². The number of benzene rings is 1. The first-order valence-electron chi connectivity index (χ1n) is 5.84. The van der Waals surface area contributed by atoms with E-state index in [-0.39, 0.29) is 5.75 Å². The summed E-state index contributed by atoms with van der Waals surface area (Å²) in [5.74, 6) is 0.201. The van der Waals surface area contributed by atoms with Crippen LogP contribution < -0.4 is 10.6 Å². The monoisotopic (exact) mass is 265 g/mol. The molecular formula is C13H16ClN3O. The third-order valence-corrected chi connectivity index (χ3v) is 3.07. The Hall–Kier alpha value is -1.36. The average molecular weight is 266 g/mol. The quantitative estimate of drug-likeness (QED) is 0.723. The number of pyridine rings is 1. The molecule has 0 radical (unpaired) electrons. The van der Waals surface area contributed by atoms with E-state index in [0.717, 1.165) is 24.0 Å². The number of phenolic OH excluding ortho intramolecular Hbond substituents is 1. The van der Waals surface area contributed by atoms with E-state index in [4.69, 9.17) is 11.6 Å². The van der Waals surface area contributed by atoms with Gasteiger partial charge in [0.05, 0.1) is 5.02 Å². The highest BCUT2D eigenvalue weighted by molar-refractivity contribution is 6.35. The molecule has 0 saturated carbocycles. The molecule has 0 aliphatic rings. The van der Waals surface area contributed by atoms with E-state index >= 15 is 0 Å². The zero-order valence-electron chi connectivity index (χ0n) is 10.2. The number of aromatic hydroxyl groups is 1. The summed E-state index contributed by atoms with van der Waals surface area (Å²) in [5, 5.41) is 17.8. The summed E-state index contributed by atoms with van der Waals surface area (Å²) >= 11 is 6.18. The zero-order chi connectivity index (χ0) is 13.0. The second-order valence-corrected chi connectivity index (χ2v) is 4.45. The van der Waals surface area contributed by atoms with Crippen molar-refractivity contribution in [3.05, 3.63) is 35.0 Å². The summed E-state index contributed by atoms with van der Waals surface area (Å²) in [6.45, 7) is 2.27. The van der Waals surface area contributed by atoms with Gasteiger partial charge in [-0.2, -0.15) is 0 Å². The molecule has 1 aromatic heterocycles. The SMILES string of the molecule is CNCCNCc1cc(Cl)c2cccnc2c1O. The van der Waals surface area contributed by atoms with Crippen LogP contribution in [0.15, 0.2) is 24.4 Å². The number of hydrogen-bond donors (Lipinski definition) is 3. The standard InChI is InChI=1S/C13H16ClN3O/c1-15-5-6-16-8-9-7-11(14)10-3-2-4-17-12(10)13(9)18/h2-4,7,15-16,18H,5-6,8H2,1H3. The summed E-state index contributed by atoms with van der Waals surface area (Å²) in [5.41, 5.74) is 1.32. The number of aromatic nitrogens is 1. The smallest absolute Gasteiger partial charge is 0.146 e. The molecule has 18 heavy (non-hydrogen) atoms. The van der Waals surface area contributed by atoms with E-state index in [2.05, 4.69) is 15.6 Å². The highest BCUT2D eigenvalue weighted by atomic mass is 35.5. The molecule has 1 aromatic carbocycles. The lowest BCUT2D eigenvalue weighted by molar-refractivity contribution is 0.469. The predicted molar refractivity (Wildman–Crippen MR) is 74.1 cm³/mol. The summed E-state index contributed by atoms with van der Waals surface area (Å²) in [7, 11) is 1.90. The molecule has 0 amide bonds. The number of nitrogens with zero attached hydrogens (tertiary/aromatic N) is 1. The van der Waals surface area contributed by atoms with Gasteiger partial charge in [0.15, 0.2) is 0 Å². The fourth-order valence-electron chi connectivity index (χ4n) is 1.81. The first-order chi connectivity index (χ1) is 8.74. The zero-order valence-corrected chi connectivity index (χ0v) is 11.0. The molecule has 0 fully saturated rings. The fourth-order valence-corrected chi connectivity index (χ4v) is 2.09. The molecule has 0 saturated heterocycles. The lowest BCUT2D eigenvalue weighted by Gasteiger charge is -2.10. The van der Waals surface area contributed by atoms with Gasteiger partial charge < -0.3 is 15.7 Å². The van der Waals surface area contributed by atoms with Crippen LogP contribution in [0, 0.1) is 0 Å². The molecule has 96 valence electrons. The Bertz CT molecular complexity index is 545. The molecule has 1 heterocycles. The lowest BCUT2D eigenvalue weighted by atomic mass is 10.1. The van der Waals surface area contributed by atoms with Crippen LogP contribution in [0.25, 0.3) is 10.9 Å². The Morgan fingerprint density at radius 2 is 2.22 bits per heavy atom. The van der Waals surface area contributed by atoms with E-state index in [9.17, 15) is 5.11 Å². The molecule has 5 heteroatoms. The van der Waals surface area contributed by atoms with E-state index < -0.39 is 0 Å². The second kappa shape index (κ2) is 6.00. The third-order valence-electron chi connectivity index (χ3n) is 2.76. The number of rotatable bonds is 5. The first-order valence-corrected chi connectivity index (χ1v) is 6.22. The van der Waals surface area contributed by atoms with Gasteiger partial charge in [0, 0.05) is 36.8 Å². The van der Waals surface area contributed by atoms with Crippen molar-refractivity contribution in [3.8, 4) is 5.75 Å². The maximum Gasteiger partial charge on any atom is 0.146 e. The van der Waals surface area contributed by atoms with Gasteiger partial charge in [-0.25, -0.2) is 0 Å². The van der Waals surface area contributed by atoms with Crippen molar-refractivity contribution in [1.29, 1.82) is 0 Å². The van der Waals surface area contributed by atoms with Gasteiger partial charge in [-0.1, -0.05) is 11.6 Å². The van der Waals surface area contributed by atoms with Gasteiger partial charge in [0.25, 0.3) is 0 Å². The van der Waals surface area contributed by atoms with Gasteiger partial charge in [-0.05, 0) is 25.2 Å². The summed E-state index contributed by atoms with van der Waals surface area (Å²) in [4.78, 5) is 4.17. The Morgan fingerprint density at radius 3 is 3.00 bits per heavy atom. The Labute approximate surface area is 111 Å². The first kappa shape index (κ1) is 13.1. The minimum absolute atomic E-state index is 0.201. The maximum absolute atomic E-state index is 10.2. The minimum atomic E-state index is 0.201. The van der Waals surface area contributed by atoms with Crippen LogP contribution >= 0.6 is 11.6 Å². The van der Waals surface area contributed by atoms with Gasteiger partial charge in [0.1, 0.15) is 11.3 Å². The van der Waals surface area contributed by atoms with Crippen LogP contribution in [0.4, 0.5) is 0 Å². The molecule has 2 rings (SSSR count). The Kier molecular flexibility index (Phi) is 4.36. The summed E-state index contributed by atoms with van der Waals surface area (Å²) < 4.78 is 0. The van der Waals surface area contributed by atoms with Crippen LogP contribution in [-0.2, 0) is 6.54 Å². The third kappa shape index (κ3) is 2.72. The van der Waals surface area contributed by atoms with E-state index in [1.54, 1.807) is 18.3 Å². The number of nitrogens with one attached hydrogen (secondary N) is 2. The molecule has 0 bridgehead atoms. The number of hydrogen-bond acceptors (Lipinski definition) is 4. The predicted octanol–water partition coefficient (Wildman–Crippen LogP) is 1.90. The molecule has 0 atom stereocenters. The Balaban J connectivity index is 2.26. The van der Waals surface area contributed by atoms with Crippen molar-refractivity contribution in [2.45, 2.75) is 6.54 Å². The normalized spacial score (nSPS) is 11.0. The number of halogens is 1. The molecule has 2 aromatic rings. The van der Waals surface area contributed by atoms with Crippen molar-refractivity contribution in [1.82, 2.24) is 15.6 Å². The highest BCUT2D eigenvalue weighted by Crippen LogP contribution is 2.32. The van der Waals surface area contributed by atoms with Crippen molar-refractivity contribution in [2.24, 2.45) is 0 Å². The van der Waals surface area contributed by atoms with Gasteiger partial charge in [-0.15, -0.1) is 0 Å². The van der Waals surface area contributed by atoms with Crippen LogP contribution in [0.1, 0.15) is 5.56 Å². The molecule has 0 spiro atoms.